The van der Waals surface area contributed by atoms with E-state index in [-0.39, 0.29) is 19.0 Å². The van der Waals surface area contributed by atoms with E-state index < -0.39 is 26.6 Å². The molecule has 0 saturated carbocycles. The second kappa shape index (κ2) is 6.98. The number of sulfonamides is 1. The maximum absolute atomic E-state index is 13.4. The molecule has 0 bridgehead atoms. The fourth-order valence-corrected chi connectivity index (χ4v) is 2.48. The van der Waals surface area contributed by atoms with E-state index in [1.807, 2.05) is 0 Å². The number of hydrogen-bond acceptors (Lipinski definition) is 3. The Kier molecular flexibility index (Phi) is 6.69. The SMILES string of the molecule is CNCCN(C)S(=O)(=O)c1cc(F)ccc1F.Cl. The van der Waals surface area contributed by atoms with Gasteiger partial charge in [-0.1, -0.05) is 0 Å². The van der Waals surface area contributed by atoms with Crippen LogP contribution < -0.4 is 5.32 Å². The molecule has 0 aromatic heterocycles. The Hall–Kier alpha value is -0.760. The van der Waals surface area contributed by atoms with Gasteiger partial charge in [0, 0.05) is 20.1 Å². The first-order chi connectivity index (χ1) is 7.89. The van der Waals surface area contributed by atoms with Crippen molar-refractivity contribution in [3.63, 3.8) is 0 Å². The molecule has 0 amide bonds. The zero-order valence-corrected chi connectivity index (χ0v) is 11.6. The number of halogens is 3. The lowest BCUT2D eigenvalue weighted by Crippen LogP contribution is -2.33. The minimum Gasteiger partial charge on any atom is -0.318 e. The molecular weight excluding hydrogens is 286 g/mol. The van der Waals surface area contributed by atoms with Crippen LogP contribution in [0.4, 0.5) is 8.78 Å². The monoisotopic (exact) mass is 300 g/mol. The first-order valence-corrected chi connectivity index (χ1v) is 6.39. The quantitative estimate of drug-likeness (QED) is 0.890. The Bertz CT molecular complexity index is 497. The van der Waals surface area contributed by atoms with Crippen molar-refractivity contribution in [2.24, 2.45) is 0 Å². The summed E-state index contributed by atoms with van der Waals surface area (Å²) in [5.41, 5.74) is 0. The van der Waals surface area contributed by atoms with Gasteiger partial charge in [0.25, 0.3) is 0 Å². The molecule has 1 N–H and O–H groups in total. The van der Waals surface area contributed by atoms with Gasteiger partial charge < -0.3 is 5.32 Å². The van der Waals surface area contributed by atoms with Crippen molar-refractivity contribution in [3.05, 3.63) is 29.8 Å². The molecule has 1 aromatic carbocycles. The Balaban J connectivity index is 0.00000289. The third kappa shape index (κ3) is 3.88. The van der Waals surface area contributed by atoms with Crippen LogP contribution in [0.25, 0.3) is 0 Å². The molecule has 0 atom stereocenters. The van der Waals surface area contributed by atoms with Crippen molar-refractivity contribution in [3.8, 4) is 0 Å². The summed E-state index contributed by atoms with van der Waals surface area (Å²) in [5.74, 6) is -1.74. The molecule has 4 nitrogen and oxygen atoms in total. The Morgan fingerprint density at radius 3 is 2.50 bits per heavy atom. The lowest BCUT2D eigenvalue weighted by molar-refractivity contribution is 0.458. The number of rotatable bonds is 5. The van der Waals surface area contributed by atoms with Gasteiger partial charge in [0.15, 0.2) is 0 Å². The van der Waals surface area contributed by atoms with Crippen molar-refractivity contribution in [1.82, 2.24) is 9.62 Å². The molecule has 18 heavy (non-hydrogen) atoms. The van der Waals surface area contributed by atoms with Crippen LogP contribution in [0.3, 0.4) is 0 Å². The number of likely N-dealkylation sites (N-methyl/N-ethyl adjacent to an activating group) is 2. The van der Waals surface area contributed by atoms with E-state index in [0.29, 0.717) is 12.6 Å². The van der Waals surface area contributed by atoms with Gasteiger partial charge in [-0.3, -0.25) is 0 Å². The van der Waals surface area contributed by atoms with Gasteiger partial charge in [0.1, 0.15) is 16.5 Å². The van der Waals surface area contributed by atoms with E-state index >= 15 is 0 Å². The highest BCUT2D eigenvalue weighted by atomic mass is 35.5. The van der Waals surface area contributed by atoms with Crippen molar-refractivity contribution in [1.29, 1.82) is 0 Å². The van der Waals surface area contributed by atoms with Crippen LogP contribution in [-0.4, -0.2) is 39.9 Å². The van der Waals surface area contributed by atoms with E-state index in [2.05, 4.69) is 5.32 Å². The zero-order valence-electron chi connectivity index (χ0n) is 9.98. The summed E-state index contributed by atoms with van der Waals surface area (Å²) >= 11 is 0. The van der Waals surface area contributed by atoms with Crippen LogP contribution >= 0.6 is 12.4 Å². The zero-order chi connectivity index (χ0) is 13.1. The second-order valence-corrected chi connectivity index (χ2v) is 5.52. The van der Waals surface area contributed by atoms with Gasteiger partial charge >= 0.3 is 0 Å². The number of nitrogens with zero attached hydrogens (tertiary/aromatic N) is 1. The van der Waals surface area contributed by atoms with Gasteiger partial charge in [0.05, 0.1) is 0 Å². The smallest absolute Gasteiger partial charge is 0.245 e. The normalized spacial score (nSPS) is 11.4. The summed E-state index contributed by atoms with van der Waals surface area (Å²) < 4.78 is 51.1. The predicted octanol–water partition coefficient (Wildman–Crippen LogP) is 1.23. The highest BCUT2D eigenvalue weighted by Gasteiger charge is 2.24. The molecule has 0 heterocycles. The lowest BCUT2D eigenvalue weighted by atomic mass is 10.3. The van der Waals surface area contributed by atoms with Crippen LogP contribution in [0.2, 0.25) is 0 Å². The van der Waals surface area contributed by atoms with Crippen molar-refractivity contribution < 1.29 is 17.2 Å². The Morgan fingerprint density at radius 1 is 1.33 bits per heavy atom. The molecule has 0 aliphatic carbocycles. The van der Waals surface area contributed by atoms with E-state index in [9.17, 15) is 17.2 Å². The molecule has 0 radical (unpaired) electrons. The molecule has 0 unspecified atom stereocenters. The largest absolute Gasteiger partial charge is 0.318 e. The van der Waals surface area contributed by atoms with E-state index in [0.717, 1.165) is 16.4 Å². The summed E-state index contributed by atoms with van der Waals surface area (Å²) in [7, 11) is -1.000. The first kappa shape index (κ1) is 17.2. The fourth-order valence-electron chi connectivity index (χ4n) is 1.23. The number of nitrogens with one attached hydrogen (secondary N) is 1. The maximum Gasteiger partial charge on any atom is 0.245 e. The van der Waals surface area contributed by atoms with E-state index in [1.54, 1.807) is 7.05 Å². The minimum atomic E-state index is -3.99. The highest BCUT2D eigenvalue weighted by Crippen LogP contribution is 2.19. The molecule has 0 aliphatic rings. The predicted molar refractivity (Wildman–Crippen MR) is 67.3 cm³/mol. The third-order valence-electron chi connectivity index (χ3n) is 2.26. The fraction of sp³-hybridized carbons (Fsp3) is 0.400. The van der Waals surface area contributed by atoms with Crippen molar-refractivity contribution in [2.45, 2.75) is 4.90 Å². The first-order valence-electron chi connectivity index (χ1n) is 4.95. The van der Waals surface area contributed by atoms with Crippen LogP contribution in [0.15, 0.2) is 23.1 Å². The average Bonchev–Trinajstić information content (AvgIpc) is 2.28. The Morgan fingerprint density at radius 2 is 1.94 bits per heavy atom. The second-order valence-electron chi connectivity index (χ2n) is 3.50. The molecule has 0 spiro atoms. The van der Waals surface area contributed by atoms with Crippen LogP contribution in [0.1, 0.15) is 0 Å². The van der Waals surface area contributed by atoms with Crippen LogP contribution in [0, 0.1) is 11.6 Å². The van der Waals surface area contributed by atoms with Crippen molar-refractivity contribution in [2.75, 3.05) is 27.2 Å². The summed E-state index contributed by atoms with van der Waals surface area (Å²) in [6.45, 7) is 0.599. The molecule has 1 aromatic rings. The molecule has 1 rings (SSSR count). The van der Waals surface area contributed by atoms with Crippen molar-refractivity contribution >= 4 is 22.4 Å². The summed E-state index contributed by atoms with van der Waals surface area (Å²) in [5, 5.41) is 2.77. The number of hydrogen-bond donors (Lipinski definition) is 1. The minimum absolute atomic E-state index is 0. The van der Waals surface area contributed by atoms with Gasteiger partial charge in [0.2, 0.25) is 10.0 Å². The average molecular weight is 301 g/mol. The number of benzene rings is 1. The molecule has 0 saturated heterocycles. The molecule has 104 valence electrons. The van der Waals surface area contributed by atoms with Crippen LogP contribution in [0.5, 0.6) is 0 Å². The highest BCUT2D eigenvalue weighted by molar-refractivity contribution is 7.89. The van der Waals surface area contributed by atoms with Gasteiger partial charge in [-0.25, -0.2) is 17.2 Å². The third-order valence-corrected chi connectivity index (χ3v) is 4.13. The lowest BCUT2D eigenvalue weighted by Gasteiger charge is -2.17. The summed E-state index contributed by atoms with van der Waals surface area (Å²) in [6, 6.07) is 2.36. The van der Waals surface area contributed by atoms with Gasteiger partial charge in [-0.2, -0.15) is 4.31 Å². The standard InChI is InChI=1S/C10H14F2N2O2S.ClH/c1-13-5-6-14(2)17(15,16)10-7-8(11)3-4-9(10)12;/h3-4,7,13H,5-6H2,1-2H3;1H. The topological polar surface area (TPSA) is 49.4 Å². The molecule has 8 heteroatoms. The molecule has 0 fully saturated rings. The molecular formula is C10H15ClF2N2O2S. The molecule has 0 aliphatic heterocycles. The maximum atomic E-state index is 13.4. The van der Waals surface area contributed by atoms with Crippen LogP contribution in [-0.2, 0) is 10.0 Å². The van der Waals surface area contributed by atoms with Gasteiger partial charge in [-0.05, 0) is 25.2 Å². The Labute approximate surface area is 111 Å². The summed E-state index contributed by atoms with van der Waals surface area (Å²) in [4.78, 5) is -0.642. The van der Waals surface area contributed by atoms with Gasteiger partial charge in [-0.15, -0.1) is 12.4 Å². The van der Waals surface area contributed by atoms with E-state index in [1.165, 1.54) is 7.05 Å². The summed E-state index contributed by atoms with van der Waals surface area (Å²) in [6.07, 6.45) is 0. The van der Waals surface area contributed by atoms with E-state index in [4.69, 9.17) is 0 Å².